The van der Waals surface area contributed by atoms with Gasteiger partial charge in [-0.25, -0.2) is 0 Å². The van der Waals surface area contributed by atoms with Gasteiger partial charge in [0.1, 0.15) is 0 Å². The molecule has 2 aromatic carbocycles. The van der Waals surface area contributed by atoms with E-state index in [1.165, 1.54) is 16.5 Å². The van der Waals surface area contributed by atoms with Crippen LogP contribution in [0, 0.1) is 0 Å². The van der Waals surface area contributed by atoms with Gasteiger partial charge in [0, 0.05) is 51.5 Å². The Balaban J connectivity index is 1.32. The Morgan fingerprint density at radius 3 is 2.46 bits per heavy atom. The highest BCUT2D eigenvalue weighted by Gasteiger charge is 2.21. The van der Waals surface area contributed by atoms with Crippen molar-refractivity contribution < 1.29 is 4.79 Å². The van der Waals surface area contributed by atoms with E-state index in [1.54, 1.807) is 0 Å². The molecule has 0 radical (unpaired) electrons. The zero-order valence-electron chi connectivity index (χ0n) is 15.3. The number of hydrogen-bond donors (Lipinski definition) is 0. The molecule has 26 heavy (non-hydrogen) atoms. The molecule has 0 N–H and O–H groups in total. The monoisotopic (exact) mass is 347 g/mol. The number of piperazine rings is 1. The van der Waals surface area contributed by atoms with Gasteiger partial charge in [-0.15, -0.1) is 0 Å². The molecule has 134 valence electrons. The van der Waals surface area contributed by atoms with Gasteiger partial charge in [-0.3, -0.25) is 9.69 Å². The predicted molar refractivity (Wildman–Crippen MR) is 105 cm³/mol. The third-order valence-electron chi connectivity index (χ3n) is 5.28. The van der Waals surface area contributed by atoms with Crippen LogP contribution in [0.1, 0.15) is 11.1 Å². The van der Waals surface area contributed by atoms with Crippen LogP contribution < -0.4 is 0 Å². The number of rotatable bonds is 4. The van der Waals surface area contributed by atoms with E-state index in [1.807, 2.05) is 35.2 Å². The van der Waals surface area contributed by atoms with Crippen LogP contribution in [0.15, 0.2) is 60.8 Å². The number of carbonyl (C=O) groups is 1. The first-order valence-corrected chi connectivity index (χ1v) is 9.27. The lowest BCUT2D eigenvalue weighted by Crippen LogP contribution is -2.48. The maximum absolute atomic E-state index is 12.5. The van der Waals surface area contributed by atoms with Crippen LogP contribution in [0.5, 0.6) is 0 Å². The fraction of sp³-hybridized carbons (Fsp3) is 0.318. The van der Waals surface area contributed by atoms with E-state index in [-0.39, 0.29) is 5.91 Å². The molecule has 0 unspecified atom stereocenters. The summed E-state index contributed by atoms with van der Waals surface area (Å²) >= 11 is 0. The van der Waals surface area contributed by atoms with E-state index < -0.39 is 0 Å². The lowest BCUT2D eigenvalue weighted by atomic mass is 10.1. The van der Waals surface area contributed by atoms with Crippen LogP contribution in [-0.4, -0.2) is 46.5 Å². The Morgan fingerprint density at radius 2 is 1.69 bits per heavy atom. The smallest absolute Gasteiger partial charge is 0.227 e. The van der Waals surface area contributed by atoms with Crippen molar-refractivity contribution >= 4 is 16.8 Å². The molecule has 1 aliphatic heterocycles. The number of nitrogens with zero attached hydrogens (tertiary/aromatic N) is 3. The normalized spacial score (nSPS) is 15.5. The molecular weight excluding hydrogens is 322 g/mol. The summed E-state index contributed by atoms with van der Waals surface area (Å²) in [6.45, 7) is 4.45. The Labute approximate surface area is 154 Å². The average molecular weight is 347 g/mol. The molecule has 1 saturated heterocycles. The Morgan fingerprint density at radius 1 is 0.923 bits per heavy atom. The summed E-state index contributed by atoms with van der Waals surface area (Å²) in [5, 5.41) is 1.28. The molecular formula is C22H25N3O. The van der Waals surface area contributed by atoms with Gasteiger partial charge in [0.2, 0.25) is 5.91 Å². The maximum atomic E-state index is 12.5. The molecule has 0 aliphatic carbocycles. The number of fused-ring (bicyclic) bond motifs is 1. The largest absolute Gasteiger partial charge is 0.351 e. The van der Waals surface area contributed by atoms with Crippen LogP contribution in [0.25, 0.3) is 10.9 Å². The lowest BCUT2D eigenvalue weighted by molar-refractivity contribution is -0.132. The zero-order valence-corrected chi connectivity index (χ0v) is 15.3. The molecule has 4 nitrogen and oxygen atoms in total. The molecule has 4 heteroatoms. The van der Waals surface area contributed by atoms with E-state index in [9.17, 15) is 4.79 Å². The average Bonchev–Trinajstić information content (AvgIpc) is 3.04. The van der Waals surface area contributed by atoms with E-state index in [4.69, 9.17) is 0 Å². The molecule has 0 bridgehead atoms. The Hall–Kier alpha value is -2.59. The van der Waals surface area contributed by atoms with Gasteiger partial charge in [0.15, 0.2) is 0 Å². The quantitative estimate of drug-likeness (QED) is 0.726. The minimum atomic E-state index is 0.237. The zero-order chi connectivity index (χ0) is 17.9. The lowest BCUT2D eigenvalue weighted by Gasteiger charge is -2.35. The second kappa shape index (κ2) is 7.34. The van der Waals surface area contributed by atoms with Gasteiger partial charge in [-0.1, -0.05) is 42.5 Å². The van der Waals surface area contributed by atoms with Crippen LogP contribution in [0.4, 0.5) is 0 Å². The summed E-state index contributed by atoms with van der Waals surface area (Å²) in [5.74, 6) is 0.237. The van der Waals surface area contributed by atoms with E-state index in [0.717, 1.165) is 38.3 Å². The highest BCUT2D eigenvalue weighted by Crippen LogP contribution is 2.18. The van der Waals surface area contributed by atoms with Crippen LogP contribution in [-0.2, 0) is 24.8 Å². The highest BCUT2D eigenvalue weighted by molar-refractivity contribution is 5.80. The van der Waals surface area contributed by atoms with Gasteiger partial charge < -0.3 is 9.47 Å². The van der Waals surface area contributed by atoms with Gasteiger partial charge >= 0.3 is 0 Å². The first kappa shape index (κ1) is 16.9. The summed E-state index contributed by atoms with van der Waals surface area (Å²) < 4.78 is 2.17. The molecule has 3 aromatic rings. The minimum Gasteiger partial charge on any atom is -0.351 e. The van der Waals surface area contributed by atoms with E-state index in [0.29, 0.717) is 6.42 Å². The summed E-state index contributed by atoms with van der Waals surface area (Å²) in [6, 6.07) is 18.9. The summed E-state index contributed by atoms with van der Waals surface area (Å²) in [5.41, 5.74) is 3.71. The van der Waals surface area contributed by atoms with Gasteiger partial charge in [0.05, 0.1) is 6.42 Å². The van der Waals surface area contributed by atoms with Crippen molar-refractivity contribution in [2.24, 2.45) is 7.05 Å². The molecule has 1 aliphatic rings. The first-order chi connectivity index (χ1) is 12.7. The van der Waals surface area contributed by atoms with E-state index >= 15 is 0 Å². The van der Waals surface area contributed by atoms with Crippen LogP contribution in [0.2, 0.25) is 0 Å². The molecule has 0 atom stereocenters. The molecule has 0 saturated carbocycles. The molecule has 0 spiro atoms. The molecule has 1 fully saturated rings. The van der Waals surface area contributed by atoms with Crippen molar-refractivity contribution in [1.29, 1.82) is 0 Å². The standard InChI is InChI=1S/C22H25N3O/c1-23-10-9-20-8-7-19(15-21(20)23)17-24-11-13-25(14-12-24)22(26)16-18-5-3-2-4-6-18/h2-10,15H,11-14,16-17H2,1H3. The van der Waals surface area contributed by atoms with Crippen molar-refractivity contribution in [2.75, 3.05) is 26.2 Å². The van der Waals surface area contributed by atoms with Crippen LogP contribution >= 0.6 is 0 Å². The second-order valence-corrected chi connectivity index (χ2v) is 7.14. The summed E-state index contributed by atoms with van der Waals surface area (Å²) in [6.07, 6.45) is 2.61. The van der Waals surface area contributed by atoms with Gasteiger partial charge in [-0.2, -0.15) is 0 Å². The molecule has 1 amide bonds. The maximum Gasteiger partial charge on any atom is 0.227 e. The molecule has 1 aromatic heterocycles. The topological polar surface area (TPSA) is 28.5 Å². The number of aryl methyl sites for hydroxylation is 1. The van der Waals surface area contributed by atoms with Crippen molar-refractivity contribution in [1.82, 2.24) is 14.4 Å². The van der Waals surface area contributed by atoms with Crippen LogP contribution in [0.3, 0.4) is 0 Å². The number of amides is 1. The van der Waals surface area contributed by atoms with Crippen molar-refractivity contribution in [3.63, 3.8) is 0 Å². The number of aromatic nitrogens is 1. The number of hydrogen-bond acceptors (Lipinski definition) is 2. The van der Waals surface area contributed by atoms with E-state index in [2.05, 4.69) is 47.0 Å². The van der Waals surface area contributed by atoms with Gasteiger partial charge in [-0.05, 0) is 28.6 Å². The van der Waals surface area contributed by atoms with Gasteiger partial charge in [0.25, 0.3) is 0 Å². The predicted octanol–water partition coefficient (Wildman–Crippen LogP) is 3.07. The second-order valence-electron chi connectivity index (χ2n) is 7.14. The fourth-order valence-electron chi connectivity index (χ4n) is 3.70. The minimum absolute atomic E-state index is 0.237. The number of carbonyl (C=O) groups excluding carboxylic acids is 1. The summed E-state index contributed by atoms with van der Waals surface area (Å²) in [7, 11) is 2.09. The van der Waals surface area contributed by atoms with Crippen molar-refractivity contribution in [3.8, 4) is 0 Å². The first-order valence-electron chi connectivity index (χ1n) is 9.27. The fourth-order valence-corrected chi connectivity index (χ4v) is 3.70. The molecule has 2 heterocycles. The third-order valence-corrected chi connectivity index (χ3v) is 5.28. The van der Waals surface area contributed by atoms with Crippen molar-refractivity contribution in [2.45, 2.75) is 13.0 Å². The van der Waals surface area contributed by atoms with Crippen molar-refractivity contribution in [3.05, 3.63) is 71.9 Å². The summed E-state index contributed by atoms with van der Waals surface area (Å²) in [4.78, 5) is 16.9. The number of benzene rings is 2. The third kappa shape index (κ3) is 3.65. The SMILES string of the molecule is Cn1ccc2ccc(CN3CCN(C(=O)Cc4ccccc4)CC3)cc21. The Bertz CT molecular complexity index is 892. The Kier molecular flexibility index (Phi) is 4.76. The highest BCUT2D eigenvalue weighted by atomic mass is 16.2. The molecule has 4 rings (SSSR count).